The van der Waals surface area contributed by atoms with Crippen molar-refractivity contribution < 1.29 is 4.79 Å². The van der Waals surface area contributed by atoms with E-state index >= 15 is 0 Å². The molecule has 2 aliphatic rings. The highest BCUT2D eigenvalue weighted by Crippen LogP contribution is 2.46. The third kappa shape index (κ3) is 3.32. The van der Waals surface area contributed by atoms with Crippen LogP contribution in [0.25, 0.3) is 0 Å². The molecule has 0 spiro atoms. The Morgan fingerprint density at radius 2 is 1.90 bits per heavy atom. The van der Waals surface area contributed by atoms with E-state index < -0.39 is 6.04 Å². The van der Waals surface area contributed by atoms with Gasteiger partial charge in [-0.05, 0) is 55.8 Å². The molecule has 1 amide bonds. The van der Waals surface area contributed by atoms with Gasteiger partial charge in [0.25, 0.3) is 0 Å². The maximum atomic E-state index is 12.2. The van der Waals surface area contributed by atoms with E-state index in [1.807, 2.05) is 6.07 Å². The molecule has 112 valence electrons. The molecule has 0 saturated heterocycles. The Kier molecular flexibility index (Phi) is 5.04. The van der Waals surface area contributed by atoms with Crippen LogP contribution in [0.15, 0.2) is 0 Å². The van der Waals surface area contributed by atoms with Gasteiger partial charge in [-0.15, -0.1) is 0 Å². The van der Waals surface area contributed by atoms with Crippen molar-refractivity contribution in [2.45, 2.75) is 51.5 Å². The van der Waals surface area contributed by atoms with E-state index in [0.717, 1.165) is 30.6 Å². The second-order valence-electron chi connectivity index (χ2n) is 6.82. The van der Waals surface area contributed by atoms with Crippen LogP contribution in [0.4, 0.5) is 0 Å². The van der Waals surface area contributed by atoms with Crippen LogP contribution < -0.4 is 5.73 Å². The van der Waals surface area contributed by atoms with Gasteiger partial charge in [-0.2, -0.15) is 5.26 Å². The van der Waals surface area contributed by atoms with Gasteiger partial charge < -0.3 is 10.6 Å². The second-order valence-corrected chi connectivity index (χ2v) is 6.82. The van der Waals surface area contributed by atoms with Crippen LogP contribution in [0.5, 0.6) is 0 Å². The second kappa shape index (κ2) is 6.58. The fraction of sp³-hybridized carbons (Fsp3) is 0.875. The van der Waals surface area contributed by atoms with Crippen LogP contribution >= 0.6 is 0 Å². The number of hydrogen-bond donors (Lipinski definition) is 1. The molecular weight excluding hydrogens is 250 g/mol. The molecule has 0 radical (unpaired) electrons. The van der Waals surface area contributed by atoms with Crippen LogP contribution in [0.3, 0.4) is 0 Å². The molecule has 2 fully saturated rings. The fourth-order valence-electron chi connectivity index (χ4n) is 4.31. The molecule has 2 aliphatic carbocycles. The zero-order valence-electron chi connectivity index (χ0n) is 12.7. The van der Waals surface area contributed by atoms with E-state index in [1.165, 1.54) is 30.6 Å². The van der Waals surface area contributed by atoms with Crippen molar-refractivity contribution in [3.8, 4) is 6.07 Å². The number of hydrogen-bond acceptors (Lipinski definition) is 3. The highest BCUT2D eigenvalue weighted by Gasteiger charge is 2.39. The lowest BCUT2D eigenvalue weighted by Crippen LogP contribution is -2.49. The standard InChI is InChI=1S/C16H27N3O/c1-3-11-6-12-8-13(7-11)10-14(9-12)15(18)16(20)19(2)5-4-17/h11-15H,3,5-10,18H2,1-2H3/t11?,12?,13?,14?,15-/m0/s1. The lowest BCUT2D eigenvalue weighted by Gasteiger charge is -2.44. The molecule has 2 unspecified atom stereocenters. The lowest BCUT2D eigenvalue weighted by atomic mass is 9.63. The number of nitrogens with two attached hydrogens (primary N) is 1. The van der Waals surface area contributed by atoms with Crippen LogP contribution in [0.2, 0.25) is 0 Å². The normalized spacial score (nSPS) is 34.1. The van der Waals surface area contributed by atoms with Crippen molar-refractivity contribution in [2.75, 3.05) is 13.6 Å². The van der Waals surface area contributed by atoms with Gasteiger partial charge in [0.15, 0.2) is 0 Å². The highest BCUT2D eigenvalue weighted by molar-refractivity contribution is 5.82. The molecule has 0 aliphatic heterocycles. The fourth-order valence-corrected chi connectivity index (χ4v) is 4.31. The predicted molar refractivity (Wildman–Crippen MR) is 78.6 cm³/mol. The summed E-state index contributed by atoms with van der Waals surface area (Å²) in [5, 5.41) is 8.68. The molecule has 2 bridgehead atoms. The van der Waals surface area contributed by atoms with Crippen molar-refractivity contribution in [3.05, 3.63) is 0 Å². The van der Waals surface area contributed by atoms with Crippen LogP contribution in [0, 0.1) is 35.0 Å². The molecule has 2 rings (SSSR count). The first kappa shape index (κ1) is 15.3. The van der Waals surface area contributed by atoms with Gasteiger partial charge >= 0.3 is 0 Å². The van der Waals surface area contributed by atoms with E-state index in [4.69, 9.17) is 11.0 Å². The minimum absolute atomic E-state index is 0.0661. The molecule has 0 aromatic heterocycles. The monoisotopic (exact) mass is 277 g/mol. The Hall–Kier alpha value is -1.08. The summed E-state index contributed by atoms with van der Waals surface area (Å²) < 4.78 is 0. The molecule has 3 atom stereocenters. The number of likely N-dealkylation sites (N-methyl/N-ethyl adjacent to an activating group) is 1. The Labute approximate surface area is 122 Å². The van der Waals surface area contributed by atoms with Crippen LogP contribution in [-0.2, 0) is 4.79 Å². The molecule has 4 heteroatoms. The number of carbonyl (C=O) groups is 1. The summed E-state index contributed by atoms with van der Waals surface area (Å²) in [6.45, 7) is 2.42. The smallest absolute Gasteiger partial charge is 0.240 e. The van der Waals surface area contributed by atoms with Crippen molar-refractivity contribution >= 4 is 5.91 Å². The van der Waals surface area contributed by atoms with Gasteiger partial charge in [-0.1, -0.05) is 13.3 Å². The number of fused-ring (bicyclic) bond motifs is 2. The number of carbonyl (C=O) groups excluding carboxylic acids is 1. The molecule has 2 saturated carbocycles. The average Bonchev–Trinajstić information content (AvgIpc) is 2.44. The Balaban J connectivity index is 1.94. The maximum Gasteiger partial charge on any atom is 0.240 e. The Morgan fingerprint density at radius 3 is 2.40 bits per heavy atom. The first-order chi connectivity index (χ1) is 9.55. The Bertz CT molecular complexity index is 376. The molecule has 0 heterocycles. The lowest BCUT2D eigenvalue weighted by molar-refractivity contribution is -0.132. The number of nitrogens with zero attached hydrogens (tertiary/aromatic N) is 2. The minimum Gasteiger partial charge on any atom is -0.331 e. The third-order valence-corrected chi connectivity index (χ3v) is 5.33. The van der Waals surface area contributed by atoms with Crippen LogP contribution in [-0.4, -0.2) is 30.4 Å². The van der Waals surface area contributed by atoms with Gasteiger partial charge in [0, 0.05) is 7.05 Å². The van der Waals surface area contributed by atoms with Gasteiger partial charge in [-0.25, -0.2) is 0 Å². The predicted octanol–water partition coefficient (Wildman–Crippen LogP) is 2.15. The zero-order valence-corrected chi connectivity index (χ0v) is 12.7. The summed E-state index contributed by atoms with van der Waals surface area (Å²) >= 11 is 0. The van der Waals surface area contributed by atoms with Gasteiger partial charge in [0.05, 0.1) is 12.1 Å². The molecule has 0 aromatic carbocycles. The van der Waals surface area contributed by atoms with Gasteiger partial charge in [0.2, 0.25) is 5.91 Å². The summed E-state index contributed by atoms with van der Waals surface area (Å²) in [6, 6.07) is 1.59. The molecule has 2 N–H and O–H groups in total. The van der Waals surface area contributed by atoms with Crippen LogP contribution in [0.1, 0.15) is 45.4 Å². The Morgan fingerprint density at radius 1 is 1.30 bits per heavy atom. The highest BCUT2D eigenvalue weighted by atomic mass is 16.2. The summed E-state index contributed by atoms with van der Waals surface area (Å²) in [7, 11) is 1.67. The minimum atomic E-state index is -0.420. The number of nitriles is 1. The van der Waals surface area contributed by atoms with E-state index in [-0.39, 0.29) is 12.5 Å². The van der Waals surface area contributed by atoms with E-state index in [9.17, 15) is 4.79 Å². The first-order valence-corrected chi connectivity index (χ1v) is 7.92. The maximum absolute atomic E-state index is 12.2. The van der Waals surface area contributed by atoms with E-state index in [0.29, 0.717) is 5.92 Å². The third-order valence-electron chi connectivity index (χ3n) is 5.33. The SMILES string of the molecule is CCC1CC2CC(C1)CC([C@H](N)C(=O)N(C)CC#N)C2. The topological polar surface area (TPSA) is 70.1 Å². The van der Waals surface area contributed by atoms with Gasteiger partial charge in [-0.3, -0.25) is 4.79 Å². The molecular formula is C16H27N3O. The molecule has 20 heavy (non-hydrogen) atoms. The zero-order chi connectivity index (χ0) is 14.7. The first-order valence-electron chi connectivity index (χ1n) is 7.92. The van der Waals surface area contributed by atoms with Crippen molar-refractivity contribution in [2.24, 2.45) is 29.4 Å². The van der Waals surface area contributed by atoms with Crippen molar-refractivity contribution in [1.82, 2.24) is 4.90 Å². The summed E-state index contributed by atoms with van der Waals surface area (Å²) in [5.74, 6) is 2.65. The summed E-state index contributed by atoms with van der Waals surface area (Å²) in [6.07, 6.45) is 7.45. The number of amides is 1. The van der Waals surface area contributed by atoms with E-state index in [1.54, 1.807) is 7.05 Å². The van der Waals surface area contributed by atoms with E-state index in [2.05, 4.69) is 6.92 Å². The number of rotatable bonds is 4. The summed E-state index contributed by atoms with van der Waals surface area (Å²) in [5.41, 5.74) is 6.19. The van der Waals surface area contributed by atoms with Crippen molar-refractivity contribution in [1.29, 1.82) is 5.26 Å². The quantitative estimate of drug-likeness (QED) is 0.800. The average molecular weight is 277 g/mol. The largest absolute Gasteiger partial charge is 0.331 e. The van der Waals surface area contributed by atoms with Gasteiger partial charge in [0.1, 0.15) is 6.54 Å². The molecule has 4 nitrogen and oxygen atoms in total. The summed E-state index contributed by atoms with van der Waals surface area (Å²) in [4.78, 5) is 13.7. The van der Waals surface area contributed by atoms with Crippen molar-refractivity contribution in [3.63, 3.8) is 0 Å². The molecule has 0 aromatic rings.